The second-order valence-corrected chi connectivity index (χ2v) is 9.07. The quantitative estimate of drug-likeness (QED) is 0.313. The highest BCUT2D eigenvalue weighted by Gasteiger charge is 2.36. The Labute approximate surface area is 205 Å². The SMILES string of the molecule is CSc1ccc(-c2noc(C3=C(C)N(Cc4ccco4)C(=O)NC3c3cccc(Cl)c3)n2)cc1. The van der Waals surface area contributed by atoms with E-state index in [4.69, 9.17) is 20.5 Å². The van der Waals surface area contributed by atoms with Crippen LogP contribution in [0, 0.1) is 0 Å². The lowest BCUT2D eigenvalue weighted by atomic mass is 9.94. The van der Waals surface area contributed by atoms with Gasteiger partial charge in [0.05, 0.1) is 24.4 Å². The monoisotopic (exact) mass is 492 g/mol. The van der Waals surface area contributed by atoms with E-state index in [-0.39, 0.29) is 12.6 Å². The number of aromatic nitrogens is 2. The number of rotatable bonds is 6. The number of carbonyl (C=O) groups excluding carboxylic acids is 1. The molecule has 1 aliphatic rings. The minimum Gasteiger partial charge on any atom is -0.467 e. The predicted octanol–water partition coefficient (Wildman–Crippen LogP) is 6.40. The molecule has 172 valence electrons. The summed E-state index contributed by atoms with van der Waals surface area (Å²) in [6.07, 6.45) is 3.61. The Morgan fingerprint density at radius 2 is 1.97 bits per heavy atom. The van der Waals surface area contributed by atoms with Gasteiger partial charge in [0.2, 0.25) is 5.82 Å². The van der Waals surface area contributed by atoms with Crippen molar-refractivity contribution in [2.24, 2.45) is 0 Å². The molecule has 1 unspecified atom stereocenters. The van der Waals surface area contributed by atoms with Crippen LogP contribution in [0.1, 0.15) is 30.2 Å². The molecule has 0 saturated carbocycles. The summed E-state index contributed by atoms with van der Waals surface area (Å²) in [4.78, 5) is 20.5. The van der Waals surface area contributed by atoms with E-state index < -0.39 is 6.04 Å². The van der Waals surface area contributed by atoms with Gasteiger partial charge in [0.25, 0.3) is 5.89 Å². The van der Waals surface area contributed by atoms with Gasteiger partial charge < -0.3 is 14.3 Å². The normalized spacial score (nSPS) is 16.1. The number of hydrogen-bond acceptors (Lipinski definition) is 6. The smallest absolute Gasteiger partial charge is 0.322 e. The molecule has 3 heterocycles. The zero-order valence-corrected chi connectivity index (χ0v) is 20.1. The van der Waals surface area contributed by atoms with Gasteiger partial charge in [-0.05, 0) is 67.3 Å². The average Bonchev–Trinajstić information content (AvgIpc) is 3.54. The van der Waals surface area contributed by atoms with Crippen LogP contribution in [0.5, 0.6) is 0 Å². The van der Waals surface area contributed by atoms with Gasteiger partial charge in [-0.15, -0.1) is 11.8 Å². The van der Waals surface area contributed by atoms with Gasteiger partial charge in [-0.25, -0.2) is 4.79 Å². The molecule has 2 amide bonds. The maximum Gasteiger partial charge on any atom is 0.322 e. The number of halogens is 1. The van der Waals surface area contributed by atoms with E-state index in [1.54, 1.807) is 35.1 Å². The van der Waals surface area contributed by atoms with Crippen LogP contribution in [0.15, 0.2) is 86.5 Å². The molecule has 0 radical (unpaired) electrons. The summed E-state index contributed by atoms with van der Waals surface area (Å²) in [5.74, 6) is 1.47. The van der Waals surface area contributed by atoms with Crippen molar-refractivity contribution in [2.45, 2.75) is 24.4 Å². The number of amides is 2. The molecular weight excluding hydrogens is 472 g/mol. The van der Waals surface area contributed by atoms with Gasteiger partial charge in [0.1, 0.15) is 5.76 Å². The summed E-state index contributed by atoms with van der Waals surface area (Å²) in [7, 11) is 0. The summed E-state index contributed by atoms with van der Waals surface area (Å²) in [5, 5.41) is 7.85. The van der Waals surface area contributed by atoms with E-state index in [0.29, 0.717) is 33.8 Å². The van der Waals surface area contributed by atoms with Crippen LogP contribution in [0.3, 0.4) is 0 Å². The molecule has 1 atom stereocenters. The van der Waals surface area contributed by atoms with E-state index in [2.05, 4.69) is 15.5 Å². The Kier molecular flexibility index (Phi) is 6.17. The van der Waals surface area contributed by atoms with Crippen LogP contribution in [0.4, 0.5) is 4.79 Å². The van der Waals surface area contributed by atoms with Crippen molar-refractivity contribution in [1.29, 1.82) is 0 Å². The second-order valence-electron chi connectivity index (χ2n) is 7.75. The van der Waals surface area contributed by atoms with Crippen molar-refractivity contribution in [2.75, 3.05) is 6.26 Å². The Morgan fingerprint density at radius 3 is 2.68 bits per heavy atom. The van der Waals surface area contributed by atoms with Crippen LogP contribution >= 0.6 is 23.4 Å². The highest BCUT2D eigenvalue weighted by molar-refractivity contribution is 7.98. The first-order valence-corrected chi connectivity index (χ1v) is 12.2. The molecule has 7 nitrogen and oxygen atoms in total. The molecule has 5 rings (SSSR count). The predicted molar refractivity (Wildman–Crippen MR) is 131 cm³/mol. The fourth-order valence-corrected chi connectivity index (χ4v) is 4.54. The summed E-state index contributed by atoms with van der Waals surface area (Å²) in [5.41, 5.74) is 3.06. The van der Waals surface area contributed by atoms with E-state index in [9.17, 15) is 4.79 Å². The zero-order valence-electron chi connectivity index (χ0n) is 18.5. The lowest BCUT2D eigenvalue weighted by Gasteiger charge is -2.34. The summed E-state index contributed by atoms with van der Waals surface area (Å²) in [6.45, 7) is 2.14. The summed E-state index contributed by atoms with van der Waals surface area (Å²) in [6, 6.07) is 18.2. The molecule has 0 spiro atoms. The molecular formula is C25H21ClN4O3S. The third-order valence-electron chi connectivity index (χ3n) is 5.68. The van der Waals surface area contributed by atoms with Gasteiger partial charge in [0.15, 0.2) is 0 Å². The number of nitrogens with zero attached hydrogens (tertiary/aromatic N) is 3. The highest BCUT2D eigenvalue weighted by Crippen LogP contribution is 2.38. The molecule has 0 aliphatic carbocycles. The van der Waals surface area contributed by atoms with Crippen molar-refractivity contribution in [3.63, 3.8) is 0 Å². The number of nitrogens with one attached hydrogen (secondary N) is 1. The summed E-state index contributed by atoms with van der Waals surface area (Å²) >= 11 is 7.92. The van der Waals surface area contributed by atoms with Gasteiger partial charge in [-0.1, -0.05) is 28.9 Å². The van der Waals surface area contributed by atoms with Gasteiger partial charge >= 0.3 is 6.03 Å². The molecule has 9 heteroatoms. The first kappa shape index (κ1) is 22.3. The highest BCUT2D eigenvalue weighted by atomic mass is 35.5. The van der Waals surface area contributed by atoms with Crippen LogP contribution < -0.4 is 5.32 Å². The number of carbonyl (C=O) groups is 1. The molecule has 0 bridgehead atoms. The number of allylic oxidation sites excluding steroid dienone is 1. The Balaban J connectivity index is 1.58. The van der Waals surface area contributed by atoms with Crippen molar-refractivity contribution in [3.8, 4) is 11.4 Å². The first-order chi connectivity index (χ1) is 16.5. The van der Waals surface area contributed by atoms with Gasteiger partial charge in [0, 0.05) is 21.2 Å². The molecule has 0 fully saturated rings. The topological polar surface area (TPSA) is 84.4 Å². The lowest BCUT2D eigenvalue weighted by Crippen LogP contribution is -2.45. The molecule has 2 aromatic carbocycles. The van der Waals surface area contributed by atoms with Crippen molar-refractivity contribution in [3.05, 3.63) is 94.9 Å². The van der Waals surface area contributed by atoms with Crippen LogP contribution in [-0.4, -0.2) is 27.3 Å². The number of furan rings is 1. The third kappa shape index (κ3) is 4.34. The largest absolute Gasteiger partial charge is 0.467 e. The second kappa shape index (κ2) is 9.40. The van der Waals surface area contributed by atoms with Gasteiger partial charge in [-0.3, -0.25) is 4.90 Å². The summed E-state index contributed by atoms with van der Waals surface area (Å²) < 4.78 is 11.2. The molecule has 1 aliphatic heterocycles. The van der Waals surface area contributed by atoms with E-state index in [1.807, 2.05) is 61.7 Å². The lowest BCUT2D eigenvalue weighted by molar-refractivity contribution is 0.199. The van der Waals surface area contributed by atoms with E-state index >= 15 is 0 Å². The number of hydrogen-bond donors (Lipinski definition) is 1. The molecule has 34 heavy (non-hydrogen) atoms. The van der Waals surface area contributed by atoms with E-state index in [1.165, 1.54) is 0 Å². The maximum atomic E-state index is 13.1. The first-order valence-electron chi connectivity index (χ1n) is 10.6. The van der Waals surface area contributed by atoms with Crippen molar-refractivity contribution in [1.82, 2.24) is 20.4 Å². The fourth-order valence-electron chi connectivity index (χ4n) is 3.93. The fraction of sp³-hybridized carbons (Fsp3) is 0.160. The standard InChI is InChI=1S/C25H21ClN4O3S/c1-15-21(24-28-23(29-33-24)16-8-10-20(34-2)11-9-16)22(17-5-3-6-18(26)13-17)27-25(31)30(15)14-19-7-4-12-32-19/h3-13,22H,14H2,1-2H3,(H,27,31). The zero-order chi connectivity index (χ0) is 23.7. The van der Waals surface area contributed by atoms with E-state index in [0.717, 1.165) is 16.0 Å². The van der Waals surface area contributed by atoms with Crippen molar-refractivity contribution >= 4 is 35.0 Å². The maximum absolute atomic E-state index is 13.1. The van der Waals surface area contributed by atoms with Crippen LogP contribution in [0.25, 0.3) is 17.0 Å². The molecule has 2 aromatic heterocycles. The molecule has 4 aromatic rings. The molecule has 1 N–H and O–H groups in total. The Hall–Kier alpha value is -3.49. The number of benzene rings is 2. The van der Waals surface area contributed by atoms with Gasteiger partial charge in [-0.2, -0.15) is 4.98 Å². The van der Waals surface area contributed by atoms with Crippen molar-refractivity contribution < 1.29 is 13.7 Å². The minimum absolute atomic E-state index is 0.255. The Bertz CT molecular complexity index is 1350. The number of urea groups is 1. The number of thioether (sulfide) groups is 1. The third-order valence-corrected chi connectivity index (χ3v) is 6.66. The van der Waals surface area contributed by atoms with Crippen LogP contribution in [-0.2, 0) is 6.54 Å². The van der Waals surface area contributed by atoms with Crippen LogP contribution in [0.2, 0.25) is 5.02 Å². The average molecular weight is 493 g/mol. The minimum atomic E-state index is -0.508. The molecule has 0 saturated heterocycles. The Morgan fingerprint density at radius 1 is 1.15 bits per heavy atom.